The summed E-state index contributed by atoms with van der Waals surface area (Å²) in [6.45, 7) is 0.490. The van der Waals surface area contributed by atoms with E-state index in [9.17, 15) is 0 Å². The van der Waals surface area contributed by atoms with Crippen LogP contribution in [0.4, 0.5) is 5.82 Å². The zero-order valence-electron chi connectivity index (χ0n) is 8.14. The molecule has 0 spiro atoms. The molecule has 1 unspecified atom stereocenters. The van der Waals surface area contributed by atoms with E-state index in [0.29, 0.717) is 28.4 Å². The summed E-state index contributed by atoms with van der Waals surface area (Å²) in [6.07, 6.45) is 1.52. The predicted octanol–water partition coefficient (Wildman–Crippen LogP) is 3.05. The normalized spacial score (nSPS) is 12.5. The third kappa shape index (κ3) is 4.03. The van der Waals surface area contributed by atoms with Crippen LogP contribution in [0.2, 0.25) is 10.0 Å². The monoisotopic (exact) mass is 268 g/mol. The summed E-state index contributed by atoms with van der Waals surface area (Å²) in [7, 11) is 1.61. The number of anilines is 1. The number of methoxy groups -OCH3 is 1. The van der Waals surface area contributed by atoms with Gasteiger partial charge in [0.05, 0.1) is 22.7 Å². The summed E-state index contributed by atoms with van der Waals surface area (Å²) < 4.78 is 4.99. The van der Waals surface area contributed by atoms with Gasteiger partial charge < -0.3 is 10.1 Å². The van der Waals surface area contributed by atoms with E-state index in [4.69, 9.17) is 39.5 Å². The van der Waals surface area contributed by atoms with E-state index in [1.165, 1.54) is 6.20 Å². The van der Waals surface area contributed by atoms with Gasteiger partial charge in [0.2, 0.25) is 0 Å². The SMILES string of the molecule is COCC(CCl)Nc1ncc(Cl)cc1Cl. The number of ether oxygens (including phenoxy) is 1. The van der Waals surface area contributed by atoms with Crippen molar-refractivity contribution >= 4 is 40.6 Å². The fourth-order valence-corrected chi connectivity index (χ4v) is 1.64. The number of hydrogen-bond donors (Lipinski definition) is 1. The van der Waals surface area contributed by atoms with Crippen molar-refractivity contribution in [2.45, 2.75) is 6.04 Å². The van der Waals surface area contributed by atoms with Crippen molar-refractivity contribution in [3.8, 4) is 0 Å². The summed E-state index contributed by atoms with van der Waals surface area (Å²) >= 11 is 17.4. The van der Waals surface area contributed by atoms with Crippen LogP contribution < -0.4 is 5.32 Å². The molecule has 6 heteroatoms. The molecule has 15 heavy (non-hydrogen) atoms. The van der Waals surface area contributed by atoms with E-state index in [-0.39, 0.29) is 6.04 Å². The molecule has 0 aliphatic rings. The Labute approximate surface area is 104 Å². The fraction of sp³-hybridized carbons (Fsp3) is 0.444. The van der Waals surface area contributed by atoms with Gasteiger partial charge in [-0.05, 0) is 6.07 Å². The number of aromatic nitrogens is 1. The lowest BCUT2D eigenvalue weighted by Gasteiger charge is -2.16. The highest BCUT2D eigenvalue weighted by atomic mass is 35.5. The van der Waals surface area contributed by atoms with E-state index in [0.717, 1.165) is 0 Å². The summed E-state index contributed by atoms with van der Waals surface area (Å²) in [5.74, 6) is 0.970. The van der Waals surface area contributed by atoms with Crippen LogP contribution in [0, 0.1) is 0 Å². The third-order valence-electron chi connectivity index (χ3n) is 1.70. The molecule has 0 saturated heterocycles. The van der Waals surface area contributed by atoms with Crippen LogP contribution in [-0.4, -0.2) is 30.6 Å². The highest BCUT2D eigenvalue weighted by Gasteiger charge is 2.10. The van der Waals surface area contributed by atoms with Gasteiger partial charge >= 0.3 is 0 Å². The Morgan fingerprint density at radius 2 is 2.27 bits per heavy atom. The summed E-state index contributed by atoms with van der Waals surface area (Å²) in [4.78, 5) is 4.06. The second kappa shape index (κ2) is 6.38. The number of nitrogens with zero attached hydrogens (tertiary/aromatic N) is 1. The average molecular weight is 270 g/mol. The molecule has 84 valence electrons. The molecular formula is C9H11Cl3N2O. The molecule has 0 aromatic carbocycles. The van der Waals surface area contributed by atoms with Crippen molar-refractivity contribution in [2.75, 3.05) is 24.9 Å². The minimum Gasteiger partial charge on any atom is -0.383 e. The quantitative estimate of drug-likeness (QED) is 0.834. The molecule has 1 aromatic rings. The topological polar surface area (TPSA) is 34.1 Å². The molecule has 1 N–H and O–H groups in total. The Kier molecular flexibility index (Phi) is 5.47. The van der Waals surface area contributed by atoms with Crippen LogP contribution in [0.5, 0.6) is 0 Å². The van der Waals surface area contributed by atoms with Crippen LogP contribution in [-0.2, 0) is 4.74 Å². The van der Waals surface area contributed by atoms with Gasteiger partial charge in [0.1, 0.15) is 5.82 Å². The number of hydrogen-bond acceptors (Lipinski definition) is 3. The largest absolute Gasteiger partial charge is 0.383 e. The Morgan fingerprint density at radius 1 is 1.53 bits per heavy atom. The van der Waals surface area contributed by atoms with Crippen LogP contribution in [0.1, 0.15) is 0 Å². The predicted molar refractivity (Wildman–Crippen MR) is 64.3 cm³/mol. The van der Waals surface area contributed by atoms with Crippen LogP contribution in [0.15, 0.2) is 12.3 Å². The highest BCUT2D eigenvalue weighted by molar-refractivity contribution is 6.35. The van der Waals surface area contributed by atoms with E-state index < -0.39 is 0 Å². The molecule has 0 bridgehead atoms. The molecule has 0 fully saturated rings. The van der Waals surface area contributed by atoms with Crippen molar-refractivity contribution in [2.24, 2.45) is 0 Å². The lowest BCUT2D eigenvalue weighted by atomic mass is 10.3. The fourth-order valence-electron chi connectivity index (χ4n) is 1.04. The van der Waals surface area contributed by atoms with Crippen LogP contribution in [0.3, 0.4) is 0 Å². The van der Waals surface area contributed by atoms with Gasteiger partial charge in [0.25, 0.3) is 0 Å². The first-order valence-corrected chi connectivity index (χ1v) is 5.59. The maximum Gasteiger partial charge on any atom is 0.145 e. The van der Waals surface area contributed by atoms with Crippen molar-refractivity contribution in [1.82, 2.24) is 4.98 Å². The minimum absolute atomic E-state index is 0.0251. The molecule has 1 heterocycles. The summed E-state index contributed by atoms with van der Waals surface area (Å²) in [6, 6.07) is 1.60. The van der Waals surface area contributed by atoms with Gasteiger partial charge in [-0.25, -0.2) is 4.98 Å². The number of rotatable bonds is 5. The molecule has 3 nitrogen and oxygen atoms in total. The Bertz CT molecular complexity index is 322. The number of alkyl halides is 1. The van der Waals surface area contributed by atoms with Gasteiger partial charge in [-0.15, -0.1) is 11.6 Å². The zero-order chi connectivity index (χ0) is 11.3. The van der Waals surface area contributed by atoms with Crippen molar-refractivity contribution < 1.29 is 4.74 Å². The Balaban J connectivity index is 2.70. The molecular weight excluding hydrogens is 258 g/mol. The van der Waals surface area contributed by atoms with Crippen LogP contribution >= 0.6 is 34.8 Å². The van der Waals surface area contributed by atoms with E-state index in [2.05, 4.69) is 10.3 Å². The molecule has 0 aliphatic carbocycles. The van der Waals surface area contributed by atoms with Crippen molar-refractivity contribution in [3.63, 3.8) is 0 Å². The molecule has 1 rings (SSSR count). The van der Waals surface area contributed by atoms with Crippen LogP contribution in [0.25, 0.3) is 0 Å². The smallest absolute Gasteiger partial charge is 0.145 e. The maximum atomic E-state index is 5.94. The van der Waals surface area contributed by atoms with Gasteiger partial charge in [-0.2, -0.15) is 0 Å². The lowest BCUT2D eigenvalue weighted by molar-refractivity contribution is 0.191. The standard InChI is InChI=1S/C9H11Cl3N2O/c1-15-5-7(3-10)14-9-8(12)2-6(11)4-13-9/h2,4,7H,3,5H2,1H3,(H,13,14). The van der Waals surface area contributed by atoms with E-state index >= 15 is 0 Å². The summed E-state index contributed by atoms with van der Waals surface area (Å²) in [5.41, 5.74) is 0. The van der Waals surface area contributed by atoms with Crippen molar-refractivity contribution in [3.05, 3.63) is 22.3 Å². The first-order chi connectivity index (χ1) is 7.17. The molecule has 0 aliphatic heterocycles. The molecule has 0 radical (unpaired) electrons. The molecule has 1 atom stereocenters. The molecule has 1 aromatic heterocycles. The van der Waals surface area contributed by atoms with Gasteiger partial charge in [0, 0.05) is 19.2 Å². The number of pyridine rings is 1. The maximum absolute atomic E-state index is 5.94. The number of nitrogens with one attached hydrogen (secondary N) is 1. The Hall–Kier alpha value is -0.220. The van der Waals surface area contributed by atoms with Gasteiger partial charge in [-0.1, -0.05) is 23.2 Å². The number of halogens is 3. The first-order valence-electron chi connectivity index (χ1n) is 4.30. The average Bonchev–Trinajstić information content (AvgIpc) is 2.21. The summed E-state index contributed by atoms with van der Waals surface area (Å²) in [5, 5.41) is 4.03. The first kappa shape index (κ1) is 12.8. The second-order valence-electron chi connectivity index (χ2n) is 2.93. The lowest BCUT2D eigenvalue weighted by Crippen LogP contribution is -2.27. The zero-order valence-corrected chi connectivity index (χ0v) is 10.4. The molecule has 0 amide bonds. The van der Waals surface area contributed by atoms with E-state index in [1.807, 2.05) is 0 Å². The van der Waals surface area contributed by atoms with Crippen molar-refractivity contribution in [1.29, 1.82) is 0 Å². The second-order valence-corrected chi connectivity index (χ2v) is 4.09. The van der Waals surface area contributed by atoms with E-state index in [1.54, 1.807) is 13.2 Å². The minimum atomic E-state index is -0.0251. The van der Waals surface area contributed by atoms with Gasteiger partial charge in [0.15, 0.2) is 0 Å². The highest BCUT2D eigenvalue weighted by Crippen LogP contribution is 2.23. The van der Waals surface area contributed by atoms with Gasteiger partial charge in [-0.3, -0.25) is 0 Å². The molecule has 0 saturated carbocycles. The third-order valence-corrected chi connectivity index (χ3v) is 2.57. The Morgan fingerprint density at radius 3 is 2.80 bits per heavy atom.